The maximum Gasteiger partial charge on any atom is 0.230 e. The summed E-state index contributed by atoms with van der Waals surface area (Å²) in [6, 6.07) is 19.1. The maximum atomic E-state index is 12.1. The zero-order valence-electron chi connectivity index (χ0n) is 16.9. The molecule has 0 bridgehead atoms. The van der Waals surface area contributed by atoms with Crippen molar-refractivity contribution in [1.29, 1.82) is 0 Å². The Labute approximate surface area is 180 Å². The van der Waals surface area contributed by atoms with E-state index >= 15 is 0 Å². The quantitative estimate of drug-likeness (QED) is 0.482. The molecule has 0 radical (unpaired) electrons. The molecule has 0 fully saturated rings. The number of thioether (sulfide) groups is 1. The Balaban J connectivity index is 1.40. The number of carbonyl (C=O) groups excluding carboxylic acids is 1. The van der Waals surface area contributed by atoms with Gasteiger partial charge in [0, 0.05) is 13.1 Å². The van der Waals surface area contributed by atoms with Crippen LogP contribution in [0.2, 0.25) is 0 Å². The van der Waals surface area contributed by atoms with Gasteiger partial charge in [-0.3, -0.25) is 4.79 Å². The summed E-state index contributed by atoms with van der Waals surface area (Å²) in [6.45, 7) is 1.09. The van der Waals surface area contributed by atoms with E-state index < -0.39 is 0 Å². The van der Waals surface area contributed by atoms with Crippen molar-refractivity contribution in [3.8, 4) is 11.5 Å². The molecule has 30 heavy (non-hydrogen) atoms. The Morgan fingerprint density at radius 1 is 0.900 bits per heavy atom. The second kappa shape index (κ2) is 11.1. The average molecular weight is 425 g/mol. The number of aromatic nitrogens is 2. The number of benzene rings is 2. The normalized spacial score (nSPS) is 10.3. The number of carbonyl (C=O) groups is 1. The molecular formula is C22H24N4O3S. The molecule has 0 unspecified atom stereocenters. The molecule has 0 aliphatic rings. The first-order chi connectivity index (χ1) is 14.7. The van der Waals surface area contributed by atoms with E-state index in [-0.39, 0.29) is 11.7 Å². The van der Waals surface area contributed by atoms with Gasteiger partial charge in [-0.2, -0.15) is 0 Å². The molecule has 7 nitrogen and oxygen atoms in total. The number of ether oxygens (including phenoxy) is 2. The minimum Gasteiger partial charge on any atom is -0.497 e. The maximum absolute atomic E-state index is 12.1. The highest BCUT2D eigenvalue weighted by atomic mass is 32.2. The molecule has 0 saturated carbocycles. The highest BCUT2D eigenvalue weighted by Crippen LogP contribution is 2.17. The molecule has 3 aromatic rings. The summed E-state index contributed by atoms with van der Waals surface area (Å²) in [5, 5.41) is 15.1. The van der Waals surface area contributed by atoms with Crippen LogP contribution in [-0.4, -0.2) is 36.1 Å². The fourth-order valence-electron chi connectivity index (χ4n) is 2.60. The van der Waals surface area contributed by atoms with E-state index in [0.717, 1.165) is 22.6 Å². The Morgan fingerprint density at radius 2 is 1.70 bits per heavy atom. The Bertz CT molecular complexity index is 949. The summed E-state index contributed by atoms with van der Waals surface area (Å²) in [6.07, 6.45) is 0. The first kappa shape index (κ1) is 21.4. The van der Waals surface area contributed by atoms with Crippen molar-refractivity contribution in [2.24, 2.45) is 0 Å². The molecule has 156 valence electrons. The average Bonchev–Trinajstić information content (AvgIpc) is 2.81. The lowest BCUT2D eigenvalue weighted by Crippen LogP contribution is -2.24. The Hall–Kier alpha value is -3.26. The number of rotatable bonds is 10. The number of nitrogens with zero attached hydrogens (tertiary/aromatic N) is 2. The number of hydrogen-bond donors (Lipinski definition) is 2. The first-order valence-corrected chi connectivity index (χ1v) is 10.4. The van der Waals surface area contributed by atoms with Crippen LogP contribution in [-0.2, 0) is 17.9 Å². The number of nitrogens with one attached hydrogen (secondary N) is 2. The topological polar surface area (TPSA) is 85.4 Å². The van der Waals surface area contributed by atoms with Gasteiger partial charge in [0.25, 0.3) is 0 Å². The van der Waals surface area contributed by atoms with Crippen molar-refractivity contribution in [3.05, 3.63) is 71.8 Å². The Kier molecular flexibility index (Phi) is 7.91. The standard InChI is InChI=1S/C22H24N4O3S/c1-28-18-8-6-16(7-9-18)13-23-20-10-11-22(26-25-20)30-15-21(27)24-14-17-4-3-5-19(12-17)29-2/h3-12H,13-15H2,1-2H3,(H,23,25)(H,24,27). The van der Waals surface area contributed by atoms with Gasteiger partial charge in [-0.1, -0.05) is 36.0 Å². The van der Waals surface area contributed by atoms with Gasteiger partial charge in [-0.05, 0) is 47.5 Å². The van der Waals surface area contributed by atoms with Gasteiger partial charge < -0.3 is 20.1 Å². The lowest BCUT2D eigenvalue weighted by molar-refractivity contribution is -0.118. The molecule has 0 saturated heterocycles. The third-order valence-electron chi connectivity index (χ3n) is 4.25. The third kappa shape index (κ3) is 6.66. The number of anilines is 1. The van der Waals surface area contributed by atoms with Gasteiger partial charge in [0.2, 0.25) is 5.91 Å². The van der Waals surface area contributed by atoms with Crippen LogP contribution in [0.3, 0.4) is 0 Å². The SMILES string of the molecule is COc1ccc(CNc2ccc(SCC(=O)NCc3cccc(OC)c3)nn2)cc1. The van der Waals surface area contributed by atoms with E-state index in [4.69, 9.17) is 9.47 Å². The van der Waals surface area contributed by atoms with Crippen LogP contribution in [0.5, 0.6) is 11.5 Å². The largest absolute Gasteiger partial charge is 0.497 e. The van der Waals surface area contributed by atoms with Crippen LogP contribution in [0.15, 0.2) is 65.7 Å². The molecule has 2 N–H and O–H groups in total. The fourth-order valence-corrected chi connectivity index (χ4v) is 3.24. The Morgan fingerprint density at radius 3 is 2.40 bits per heavy atom. The lowest BCUT2D eigenvalue weighted by atomic mass is 10.2. The summed E-state index contributed by atoms with van der Waals surface area (Å²) in [4.78, 5) is 12.1. The van der Waals surface area contributed by atoms with Crippen molar-refractivity contribution < 1.29 is 14.3 Å². The summed E-state index contributed by atoms with van der Waals surface area (Å²) in [5.74, 6) is 2.49. The summed E-state index contributed by atoms with van der Waals surface area (Å²) in [7, 11) is 3.27. The van der Waals surface area contributed by atoms with Crippen LogP contribution >= 0.6 is 11.8 Å². The minimum absolute atomic E-state index is 0.0636. The molecule has 0 spiro atoms. The minimum atomic E-state index is -0.0636. The van der Waals surface area contributed by atoms with Crippen LogP contribution in [0, 0.1) is 0 Å². The van der Waals surface area contributed by atoms with E-state index in [1.165, 1.54) is 11.8 Å². The third-order valence-corrected chi connectivity index (χ3v) is 5.17. The van der Waals surface area contributed by atoms with Crippen LogP contribution in [0.25, 0.3) is 0 Å². The molecule has 3 rings (SSSR count). The molecule has 1 amide bonds. The van der Waals surface area contributed by atoms with Crippen molar-refractivity contribution in [3.63, 3.8) is 0 Å². The fraction of sp³-hybridized carbons (Fsp3) is 0.227. The van der Waals surface area contributed by atoms with Crippen molar-refractivity contribution in [2.75, 3.05) is 25.3 Å². The second-order valence-corrected chi connectivity index (χ2v) is 7.37. The summed E-state index contributed by atoms with van der Waals surface area (Å²) < 4.78 is 10.3. The van der Waals surface area contributed by atoms with Gasteiger partial charge in [0.05, 0.1) is 20.0 Å². The first-order valence-electron chi connectivity index (χ1n) is 9.39. The molecular weight excluding hydrogens is 400 g/mol. The monoisotopic (exact) mass is 424 g/mol. The van der Waals surface area contributed by atoms with Gasteiger partial charge in [-0.25, -0.2) is 0 Å². The van der Waals surface area contributed by atoms with Crippen LogP contribution < -0.4 is 20.1 Å². The van der Waals surface area contributed by atoms with E-state index in [0.29, 0.717) is 23.9 Å². The highest BCUT2D eigenvalue weighted by molar-refractivity contribution is 7.99. The lowest BCUT2D eigenvalue weighted by Gasteiger charge is -2.08. The molecule has 8 heteroatoms. The van der Waals surface area contributed by atoms with Gasteiger partial charge in [0.15, 0.2) is 0 Å². The van der Waals surface area contributed by atoms with Crippen molar-refractivity contribution in [1.82, 2.24) is 15.5 Å². The summed E-state index contributed by atoms with van der Waals surface area (Å²) >= 11 is 1.35. The van der Waals surface area contributed by atoms with E-state index in [1.54, 1.807) is 14.2 Å². The molecule has 0 aliphatic heterocycles. The van der Waals surface area contributed by atoms with Crippen molar-refractivity contribution in [2.45, 2.75) is 18.1 Å². The molecule has 1 aromatic heterocycles. The van der Waals surface area contributed by atoms with E-state index in [9.17, 15) is 4.79 Å². The van der Waals surface area contributed by atoms with Crippen LogP contribution in [0.1, 0.15) is 11.1 Å². The number of methoxy groups -OCH3 is 2. The van der Waals surface area contributed by atoms with E-state index in [2.05, 4.69) is 20.8 Å². The molecule has 0 atom stereocenters. The smallest absolute Gasteiger partial charge is 0.230 e. The van der Waals surface area contributed by atoms with Gasteiger partial charge in [-0.15, -0.1) is 10.2 Å². The highest BCUT2D eigenvalue weighted by Gasteiger charge is 2.06. The molecule has 1 heterocycles. The van der Waals surface area contributed by atoms with Crippen molar-refractivity contribution >= 4 is 23.5 Å². The zero-order chi connectivity index (χ0) is 21.2. The molecule has 0 aliphatic carbocycles. The van der Waals surface area contributed by atoms with E-state index in [1.807, 2.05) is 60.7 Å². The van der Waals surface area contributed by atoms with Crippen LogP contribution in [0.4, 0.5) is 5.82 Å². The second-order valence-electron chi connectivity index (χ2n) is 6.38. The molecule has 2 aromatic carbocycles. The van der Waals surface area contributed by atoms with Gasteiger partial charge in [0.1, 0.15) is 22.3 Å². The number of hydrogen-bond acceptors (Lipinski definition) is 7. The van der Waals surface area contributed by atoms with Gasteiger partial charge >= 0.3 is 0 Å². The predicted octanol–water partition coefficient (Wildman–Crippen LogP) is 3.51. The predicted molar refractivity (Wildman–Crippen MR) is 118 cm³/mol. The zero-order valence-corrected chi connectivity index (χ0v) is 17.7. The summed E-state index contributed by atoms with van der Waals surface area (Å²) in [5.41, 5.74) is 2.10. The number of amides is 1.